The first-order chi connectivity index (χ1) is 20.5. The van der Waals surface area contributed by atoms with Crippen molar-refractivity contribution in [2.24, 2.45) is 0 Å². The minimum atomic E-state index is -1.23. The van der Waals surface area contributed by atoms with Crippen LogP contribution in [0.5, 0.6) is 0 Å². The second-order valence-corrected chi connectivity index (χ2v) is 16.3. The number of hydrogen-bond donors (Lipinski definition) is 0. The number of rotatable bonds is 4. The van der Waals surface area contributed by atoms with Crippen molar-refractivity contribution in [2.75, 3.05) is 0 Å². The van der Waals surface area contributed by atoms with Crippen molar-refractivity contribution >= 4 is 43.2 Å². The summed E-state index contributed by atoms with van der Waals surface area (Å²) >= 11 is 0. The van der Waals surface area contributed by atoms with Gasteiger partial charge in [-0.2, -0.15) is 5.56 Å². The van der Waals surface area contributed by atoms with Crippen LogP contribution in [0.25, 0.3) is 55.2 Å². The standard InChI is InChI=1S/C25H14N.C14H16NSi.B.Ir.Y/c1-2-9-23-18(6-1)11-12-19-13-14-21(17-24(19)23)20-7-5-8-22(16-20)25-10-3-4-15-26-25;1-16(2,3)13-9-10-14(15-11-13)12-7-5-4-6-8-12;;;/h1-7,9-13,15,17H;4-7,9-11H,1-3H3;;;/q-3;-1;;;. The molecule has 0 aliphatic heterocycles. The van der Waals surface area contributed by atoms with E-state index in [0.717, 1.165) is 33.6 Å². The van der Waals surface area contributed by atoms with E-state index >= 15 is 0 Å². The molecular weight excluding hydrogens is 816 g/mol. The summed E-state index contributed by atoms with van der Waals surface area (Å²) < 4.78 is 0. The van der Waals surface area contributed by atoms with Gasteiger partial charge in [0.2, 0.25) is 0 Å². The monoisotopic (exact) mass is 847 g/mol. The molecule has 0 aliphatic carbocycles. The summed E-state index contributed by atoms with van der Waals surface area (Å²) in [5, 5.41) is 6.33. The first-order valence-corrected chi connectivity index (χ1v) is 17.6. The van der Waals surface area contributed by atoms with Crippen molar-refractivity contribution in [2.45, 2.75) is 19.6 Å². The zero-order chi connectivity index (χ0) is 28.9. The first kappa shape index (κ1) is 36.4. The number of benzene rings is 5. The van der Waals surface area contributed by atoms with Crippen molar-refractivity contribution in [1.29, 1.82) is 0 Å². The van der Waals surface area contributed by atoms with Crippen molar-refractivity contribution in [1.82, 2.24) is 9.97 Å². The van der Waals surface area contributed by atoms with Crippen molar-refractivity contribution in [3.05, 3.63) is 152 Å². The molecule has 0 spiro atoms. The molecule has 2 nitrogen and oxygen atoms in total. The average molecular weight is 847 g/mol. The van der Waals surface area contributed by atoms with Gasteiger partial charge in [-0.25, -0.2) is 6.07 Å². The molecule has 0 aliphatic rings. The molecule has 0 saturated carbocycles. The summed E-state index contributed by atoms with van der Waals surface area (Å²) in [5.74, 6) is 0. The molecule has 2 heterocycles. The number of pyridine rings is 2. The molecule has 0 bridgehead atoms. The van der Waals surface area contributed by atoms with Gasteiger partial charge in [0, 0.05) is 73.6 Å². The van der Waals surface area contributed by atoms with Crippen LogP contribution in [-0.4, -0.2) is 26.5 Å². The number of aromatic nitrogens is 2. The molecule has 0 amide bonds. The van der Waals surface area contributed by atoms with Gasteiger partial charge in [-0.3, -0.25) is 23.3 Å². The normalized spacial score (nSPS) is 10.5. The maximum Gasteiger partial charge on any atom is 0.0795 e. The summed E-state index contributed by atoms with van der Waals surface area (Å²) in [4.78, 5) is 8.92. The van der Waals surface area contributed by atoms with E-state index in [-0.39, 0.29) is 61.2 Å². The molecule has 0 N–H and O–H groups in total. The number of nitrogens with zero attached hydrogens (tertiary/aromatic N) is 2. The van der Waals surface area contributed by atoms with E-state index in [0.29, 0.717) is 0 Å². The third-order valence-electron chi connectivity index (χ3n) is 7.24. The van der Waals surface area contributed by atoms with E-state index in [1.807, 2.05) is 60.8 Å². The Morgan fingerprint density at radius 1 is 0.600 bits per heavy atom. The third-order valence-corrected chi connectivity index (χ3v) is 9.27. The van der Waals surface area contributed by atoms with Gasteiger partial charge in [0.05, 0.1) is 8.07 Å². The summed E-state index contributed by atoms with van der Waals surface area (Å²) in [7, 11) is -1.23. The number of hydrogen-bond acceptors (Lipinski definition) is 2. The van der Waals surface area contributed by atoms with Gasteiger partial charge < -0.3 is 16.0 Å². The van der Waals surface area contributed by atoms with E-state index in [2.05, 4.69) is 115 Å². The molecule has 45 heavy (non-hydrogen) atoms. The minimum Gasteiger partial charge on any atom is -0.352 e. The Labute approximate surface area is 308 Å². The predicted octanol–water partition coefficient (Wildman–Crippen LogP) is 8.83. The quantitative estimate of drug-likeness (QED) is 0.101. The number of fused-ring (bicyclic) bond motifs is 3. The Balaban J connectivity index is 0.000000254. The molecule has 0 saturated heterocycles. The van der Waals surface area contributed by atoms with E-state index in [1.165, 1.54) is 26.7 Å². The summed E-state index contributed by atoms with van der Waals surface area (Å²) in [5.41, 5.74) is 5.83. The summed E-state index contributed by atoms with van der Waals surface area (Å²) in [6.07, 6.45) is 3.81. The van der Waals surface area contributed by atoms with E-state index in [4.69, 9.17) is 0 Å². The second kappa shape index (κ2) is 16.5. The first-order valence-electron chi connectivity index (χ1n) is 14.1. The maximum absolute atomic E-state index is 4.52. The third kappa shape index (κ3) is 8.82. The van der Waals surface area contributed by atoms with Gasteiger partial charge in [-0.05, 0) is 27.7 Å². The Morgan fingerprint density at radius 2 is 1.38 bits per heavy atom. The van der Waals surface area contributed by atoms with Crippen LogP contribution >= 0.6 is 0 Å². The molecule has 2 aromatic heterocycles. The van der Waals surface area contributed by atoms with Crippen LogP contribution in [0.2, 0.25) is 19.6 Å². The van der Waals surface area contributed by atoms with Crippen LogP contribution in [-0.2, 0) is 52.8 Å². The molecule has 0 atom stereocenters. The van der Waals surface area contributed by atoms with Gasteiger partial charge in [-0.15, -0.1) is 60.2 Å². The molecule has 5 aromatic carbocycles. The van der Waals surface area contributed by atoms with Crippen LogP contribution < -0.4 is 5.19 Å². The largest absolute Gasteiger partial charge is 0.352 e. The Kier molecular flexibility index (Phi) is 13.4. The predicted molar refractivity (Wildman–Crippen MR) is 184 cm³/mol. The maximum atomic E-state index is 4.52. The topological polar surface area (TPSA) is 25.8 Å². The fourth-order valence-corrected chi connectivity index (χ4v) is 5.91. The van der Waals surface area contributed by atoms with Crippen LogP contribution in [0.4, 0.5) is 0 Å². The fraction of sp³-hybridized carbons (Fsp3) is 0.0769. The summed E-state index contributed by atoms with van der Waals surface area (Å²) in [6, 6.07) is 52.4. The van der Waals surface area contributed by atoms with Crippen molar-refractivity contribution in [3.63, 3.8) is 0 Å². The zero-order valence-electron chi connectivity index (χ0n) is 25.5. The average Bonchev–Trinajstić information content (AvgIpc) is 3.05. The van der Waals surface area contributed by atoms with E-state index in [1.54, 1.807) is 6.20 Å². The van der Waals surface area contributed by atoms with Gasteiger partial charge in [0.15, 0.2) is 0 Å². The van der Waals surface area contributed by atoms with Gasteiger partial charge >= 0.3 is 0 Å². The Bertz CT molecular complexity index is 1960. The zero-order valence-corrected chi connectivity index (χ0v) is 31.7. The van der Waals surface area contributed by atoms with Crippen LogP contribution in [0.1, 0.15) is 0 Å². The fourth-order valence-electron chi connectivity index (χ4n) is 4.87. The van der Waals surface area contributed by atoms with E-state index in [9.17, 15) is 0 Å². The Hall–Kier alpha value is -3.04. The van der Waals surface area contributed by atoms with Gasteiger partial charge in [-0.1, -0.05) is 90.7 Å². The molecule has 0 unspecified atom stereocenters. The molecule has 5 radical (unpaired) electrons. The van der Waals surface area contributed by atoms with Crippen molar-refractivity contribution in [3.8, 4) is 33.6 Å². The SMILES string of the molecule is C[Si](C)(C)c1ccc(-c2[c-]cccc2)nc1.[B].[Ir].[Y].[c-]1ccc(-c2[c-]cc3ccc4ccccc4c3c2)[c-]c1-c1ccccn1. The van der Waals surface area contributed by atoms with Crippen LogP contribution in [0.3, 0.4) is 0 Å². The molecular formula is C39H30BIrN2SiY-4. The second-order valence-electron chi connectivity index (χ2n) is 11.2. The molecule has 219 valence electrons. The smallest absolute Gasteiger partial charge is 0.0795 e. The van der Waals surface area contributed by atoms with Crippen LogP contribution in [0, 0.1) is 24.3 Å². The van der Waals surface area contributed by atoms with Gasteiger partial charge in [0.1, 0.15) is 0 Å². The molecule has 6 heteroatoms. The summed E-state index contributed by atoms with van der Waals surface area (Å²) in [6.45, 7) is 7.00. The van der Waals surface area contributed by atoms with Gasteiger partial charge in [0.25, 0.3) is 0 Å². The van der Waals surface area contributed by atoms with E-state index < -0.39 is 8.07 Å². The Morgan fingerprint density at radius 3 is 2.09 bits per heavy atom. The van der Waals surface area contributed by atoms with Crippen molar-refractivity contribution < 1.29 is 52.8 Å². The molecule has 0 fully saturated rings. The minimum absolute atomic E-state index is 0. The molecule has 7 rings (SSSR count). The van der Waals surface area contributed by atoms with Crippen LogP contribution in [0.15, 0.2) is 128 Å². The molecule has 7 aromatic rings.